The molecule has 0 fully saturated rings. The highest BCUT2D eigenvalue weighted by Crippen LogP contribution is 2.32. The Morgan fingerprint density at radius 2 is 1.63 bits per heavy atom. The summed E-state index contributed by atoms with van der Waals surface area (Å²) in [5.41, 5.74) is 0.430. The smallest absolute Gasteiger partial charge is 0.416 e. The number of hydrogen-bond acceptors (Lipinski definition) is 5. The van der Waals surface area contributed by atoms with Crippen LogP contribution >= 0.6 is 0 Å². The minimum Gasteiger partial charge on any atom is -0.497 e. The standard InChI is InChI=1S/C31H36F3N3O5S/c1-4-35-30(39)28(20-23-11-6-5-7-12-23)36(22-24-13-8-16-27(19-24)42-2)29(38)17-10-18-37(43(3,40)41)26-15-9-14-25(21-26)31(32,33)34/h5-9,11-16,19,21,28H,4,10,17-18,20,22H2,1-3H3,(H,35,39). The average Bonchev–Trinajstić information content (AvgIpc) is 2.96. The highest BCUT2D eigenvalue weighted by molar-refractivity contribution is 7.92. The Hall–Kier alpha value is -4.06. The summed E-state index contributed by atoms with van der Waals surface area (Å²) >= 11 is 0. The van der Waals surface area contributed by atoms with Gasteiger partial charge in [0.2, 0.25) is 21.8 Å². The van der Waals surface area contributed by atoms with Crippen molar-refractivity contribution in [1.82, 2.24) is 10.2 Å². The quantitative estimate of drug-likeness (QED) is 0.273. The van der Waals surface area contributed by atoms with Gasteiger partial charge in [-0.25, -0.2) is 8.42 Å². The van der Waals surface area contributed by atoms with Gasteiger partial charge in [-0.2, -0.15) is 13.2 Å². The molecule has 43 heavy (non-hydrogen) atoms. The number of amides is 2. The summed E-state index contributed by atoms with van der Waals surface area (Å²) in [5, 5.41) is 2.81. The van der Waals surface area contributed by atoms with Crippen LogP contribution in [-0.2, 0) is 38.8 Å². The second kappa shape index (κ2) is 14.9. The Morgan fingerprint density at radius 3 is 2.26 bits per heavy atom. The van der Waals surface area contributed by atoms with Gasteiger partial charge in [-0.05, 0) is 54.8 Å². The molecule has 1 N–H and O–H groups in total. The summed E-state index contributed by atoms with van der Waals surface area (Å²) < 4.78 is 71.2. The van der Waals surface area contributed by atoms with Crippen LogP contribution in [0.4, 0.5) is 18.9 Å². The molecule has 3 aromatic carbocycles. The molecule has 0 aliphatic heterocycles. The molecule has 0 spiro atoms. The number of carbonyl (C=O) groups excluding carboxylic acids is 2. The van der Waals surface area contributed by atoms with Crippen molar-refractivity contribution in [2.75, 3.05) is 30.8 Å². The summed E-state index contributed by atoms with van der Waals surface area (Å²) in [4.78, 5) is 28.6. The van der Waals surface area contributed by atoms with Crippen molar-refractivity contribution in [3.05, 3.63) is 95.6 Å². The number of anilines is 1. The lowest BCUT2D eigenvalue weighted by atomic mass is 10.0. The molecule has 0 saturated heterocycles. The van der Waals surface area contributed by atoms with Crippen LogP contribution in [-0.4, -0.2) is 57.6 Å². The van der Waals surface area contributed by atoms with E-state index in [1.165, 1.54) is 18.1 Å². The van der Waals surface area contributed by atoms with Gasteiger partial charge in [-0.15, -0.1) is 0 Å². The van der Waals surface area contributed by atoms with E-state index in [-0.39, 0.29) is 43.9 Å². The lowest BCUT2D eigenvalue weighted by Gasteiger charge is -2.32. The summed E-state index contributed by atoms with van der Waals surface area (Å²) in [5.74, 6) is -0.177. The molecule has 0 bridgehead atoms. The number of likely N-dealkylation sites (N-methyl/N-ethyl adjacent to an activating group) is 1. The first-order chi connectivity index (χ1) is 20.3. The van der Waals surface area contributed by atoms with Gasteiger partial charge in [0.15, 0.2) is 0 Å². The zero-order valence-corrected chi connectivity index (χ0v) is 25.1. The highest BCUT2D eigenvalue weighted by Gasteiger charge is 2.32. The molecule has 0 heterocycles. The predicted octanol–water partition coefficient (Wildman–Crippen LogP) is 5.04. The van der Waals surface area contributed by atoms with Crippen molar-refractivity contribution in [3.63, 3.8) is 0 Å². The van der Waals surface area contributed by atoms with Gasteiger partial charge in [0, 0.05) is 32.5 Å². The van der Waals surface area contributed by atoms with Crippen LogP contribution in [0.25, 0.3) is 0 Å². The second-order valence-electron chi connectivity index (χ2n) is 9.96. The van der Waals surface area contributed by atoms with E-state index in [2.05, 4.69) is 5.32 Å². The maximum Gasteiger partial charge on any atom is 0.416 e. The van der Waals surface area contributed by atoms with E-state index in [0.29, 0.717) is 12.3 Å². The van der Waals surface area contributed by atoms with Crippen LogP contribution in [0, 0.1) is 0 Å². The van der Waals surface area contributed by atoms with Crippen LogP contribution in [0.1, 0.15) is 36.5 Å². The first-order valence-corrected chi connectivity index (χ1v) is 15.6. The van der Waals surface area contributed by atoms with Crippen molar-refractivity contribution >= 4 is 27.5 Å². The van der Waals surface area contributed by atoms with Crippen LogP contribution in [0.15, 0.2) is 78.9 Å². The average molecular weight is 620 g/mol. The Kier molecular flexibility index (Phi) is 11.6. The molecule has 2 amide bonds. The molecule has 0 saturated carbocycles. The van der Waals surface area contributed by atoms with Crippen LogP contribution in [0.3, 0.4) is 0 Å². The number of hydrogen-bond donors (Lipinski definition) is 1. The van der Waals surface area contributed by atoms with Gasteiger partial charge in [-0.1, -0.05) is 48.5 Å². The van der Waals surface area contributed by atoms with E-state index in [1.54, 1.807) is 31.2 Å². The molecule has 3 rings (SSSR count). The molecular weight excluding hydrogens is 583 g/mol. The van der Waals surface area contributed by atoms with Crippen molar-refractivity contribution in [2.45, 2.75) is 44.9 Å². The fraction of sp³-hybridized carbons (Fsp3) is 0.355. The summed E-state index contributed by atoms with van der Waals surface area (Å²) in [6.07, 6.45) is -3.66. The highest BCUT2D eigenvalue weighted by atomic mass is 32.2. The number of benzene rings is 3. The molecule has 3 aromatic rings. The molecule has 0 aliphatic carbocycles. The maximum atomic E-state index is 13.8. The van der Waals surface area contributed by atoms with E-state index in [1.807, 2.05) is 30.3 Å². The third-order valence-corrected chi connectivity index (χ3v) is 7.92. The summed E-state index contributed by atoms with van der Waals surface area (Å²) in [7, 11) is -2.45. The van der Waals surface area contributed by atoms with Gasteiger partial charge in [-0.3, -0.25) is 13.9 Å². The van der Waals surface area contributed by atoms with Gasteiger partial charge in [0.1, 0.15) is 11.8 Å². The molecule has 232 valence electrons. The van der Waals surface area contributed by atoms with Gasteiger partial charge in [0.05, 0.1) is 24.6 Å². The lowest BCUT2D eigenvalue weighted by molar-refractivity contribution is -0.141. The predicted molar refractivity (Wildman–Crippen MR) is 159 cm³/mol. The third kappa shape index (κ3) is 9.74. The number of rotatable bonds is 14. The van der Waals surface area contributed by atoms with Crippen molar-refractivity contribution in [1.29, 1.82) is 0 Å². The number of sulfonamides is 1. The largest absolute Gasteiger partial charge is 0.497 e. The van der Waals surface area contributed by atoms with E-state index in [9.17, 15) is 31.2 Å². The minimum absolute atomic E-state index is 0.00418. The fourth-order valence-corrected chi connectivity index (χ4v) is 5.61. The first kappa shape index (κ1) is 33.4. The van der Waals surface area contributed by atoms with Crippen molar-refractivity contribution < 1.29 is 35.9 Å². The summed E-state index contributed by atoms with van der Waals surface area (Å²) in [6.45, 7) is 1.97. The topological polar surface area (TPSA) is 96.0 Å². The minimum atomic E-state index is -4.65. The van der Waals surface area contributed by atoms with Gasteiger partial charge in [0.25, 0.3) is 0 Å². The lowest BCUT2D eigenvalue weighted by Crippen LogP contribution is -2.50. The molecule has 0 aliphatic rings. The number of methoxy groups -OCH3 is 1. The SMILES string of the molecule is CCNC(=O)C(Cc1ccccc1)N(Cc1cccc(OC)c1)C(=O)CCCN(c1cccc(C(F)(F)F)c1)S(C)(=O)=O. The number of carbonyl (C=O) groups is 2. The molecule has 0 radical (unpaired) electrons. The number of nitrogens with one attached hydrogen (secondary N) is 1. The van der Waals surface area contributed by atoms with E-state index in [0.717, 1.165) is 39.9 Å². The zero-order valence-electron chi connectivity index (χ0n) is 24.3. The Morgan fingerprint density at radius 1 is 0.953 bits per heavy atom. The number of ether oxygens (including phenoxy) is 1. The second-order valence-corrected chi connectivity index (χ2v) is 11.9. The monoisotopic (exact) mass is 619 g/mol. The Bertz CT molecular complexity index is 1480. The van der Waals surface area contributed by atoms with Crippen molar-refractivity contribution in [3.8, 4) is 5.75 Å². The van der Waals surface area contributed by atoms with E-state index < -0.39 is 33.7 Å². The third-order valence-electron chi connectivity index (χ3n) is 6.72. The molecule has 12 heteroatoms. The summed E-state index contributed by atoms with van der Waals surface area (Å²) in [6, 6.07) is 19.5. The molecule has 1 unspecified atom stereocenters. The number of nitrogens with zero attached hydrogens (tertiary/aromatic N) is 2. The first-order valence-electron chi connectivity index (χ1n) is 13.7. The molecule has 1 atom stereocenters. The van der Waals surface area contributed by atoms with Gasteiger partial charge >= 0.3 is 6.18 Å². The fourth-order valence-electron chi connectivity index (χ4n) is 4.65. The number of alkyl halides is 3. The maximum absolute atomic E-state index is 13.8. The normalized spacial score (nSPS) is 12.3. The number of halogens is 3. The molecular formula is C31H36F3N3O5S. The Labute approximate surface area is 250 Å². The van der Waals surface area contributed by atoms with Crippen LogP contribution < -0.4 is 14.4 Å². The van der Waals surface area contributed by atoms with Crippen LogP contribution in [0.2, 0.25) is 0 Å². The van der Waals surface area contributed by atoms with Crippen LogP contribution in [0.5, 0.6) is 5.75 Å². The van der Waals surface area contributed by atoms with Crippen molar-refractivity contribution in [2.24, 2.45) is 0 Å². The van der Waals surface area contributed by atoms with E-state index in [4.69, 9.17) is 4.74 Å². The van der Waals surface area contributed by atoms with Gasteiger partial charge < -0.3 is 15.0 Å². The molecule has 0 aromatic heterocycles. The molecule has 8 nitrogen and oxygen atoms in total. The zero-order chi connectivity index (χ0) is 31.6. The van der Waals surface area contributed by atoms with E-state index >= 15 is 0 Å². The Balaban J connectivity index is 1.89.